The molecule has 1 aromatic carbocycles. The van der Waals surface area contributed by atoms with Gasteiger partial charge >= 0.3 is 0 Å². The van der Waals surface area contributed by atoms with Crippen molar-refractivity contribution in [2.75, 3.05) is 0 Å². The summed E-state index contributed by atoms with van der Waals surface area (Å²) in [6, 6.07) is 9.90. The third-order valence-corrected chi connectivity index (χ3v) is 2.63. The van der Waals surface area contributed by atoms with Crippen LogP contribution in [-0.4, -0.2) is 9.78 Å². The predicted octanol–water partition coefficient (Wildman–Crippen LogP) is 2.19. The minimum atomic E-state index is 0.741. The topological polar surface area (TPSA) is 41.6 Å². The summed E-state index contributed by atoms with van der Waals surface area (Å²) in [6.45, 7) is 1.99. The fraction of sp³-hybridized carbons (Fsp3) is 0.231. The highest BCUT2D eigenvalue weighted by Crippen LogP contribution is 2.15. The molecule has 0 radical (unpaired) electrons. The highest BCUT2D eigenvalue weighted by molar-refractivity contribution is 5.40. The van der Waals surface area contributed by atoms with Crippen molar-refractivity contribution in [1.29, 1.82) is 5.26 Å². The SMILES string of the molecule is Cc1nn(C)cc1Cc1ccccc1C#N. The van der Waals surface area contributed by atoms with E-state index in [0.717, 1.165) is 23.2 Å². The van der Waals surface area contributed by atoms with Crippen molar-refractivity contribution in [2.24, 2.45) is 7.05 Å². The monoisotopic (exact) mass is 211 g/mol. The number of hydrogen-bond donors (Lipinski definition) is 0. The highest BCUT2D eigenvalue weighted by Gasteiger charge is 2.07. The Bertz CT molecular complexity index is 547. The van der Waals surface area contributed by atoms with Gasteiger partial charge in [-0.1, -0.05) is 18.2 Å². The molecular formula is C13H13N3. The maximum Gasteiger partial charge on any atom is 0.0994 e. The van der Waals surface area contributed by atoms with E-state index in [1.54, 1.807) is 4.68 Å². The minimum absolute atomic E-state index is 0.741. The van der Waals surface area contributed by atoms with E-state index in [1.807, 2.05) is 44.4 Å². The smallest absolute Gasteiger partial charge is 0.0994 e. The molecule has 1 aromatic heterocycles. The summed E-state index contributed by atoms with van der Waals surface area (Å²) in [4.78, 5) is 0. The minimum Gasteiger partial charge on any atom is -0.275 e. The zero-order valence-corrected chi connectivity index (χ0v) is 9.44. The summed E-state index contributed by atoms with van der Waals surface area (Å²) in [5.74, 6) is 0. The quantitative estimate of drug-likeness (QED) is 0.764. The van der Waals surface area contributed by atoms with Gasteiger partial charge in [-0.05, 0) is 24.1 Å². The van der Waals surface area contributed by atoms with Crippen molar-refractivity contribution in [3.8, 4) is 6.07 Å². The third kappa shape index (κ3) is 1.96. The Morgan fingerprint density at radius 3 is 2.69 bits per heavy atom. The van der Waals surface area contributed by atoms with Gasteiger partial charge in [0.2, 0.25) is 0 Å². The number of benzene rings is 1. The van der Waals surface area contributed by atoms with Gasteiger partial charge in [-0.25, -0.2) is 0 Å². The number of aryl methyl sites for hydroxylation is 2. The Hall–Kier alpha value is -2.08. The molecule has 0 atom stereocenters. The molecule has 0 aliphatic rings. The molecule has 2 aromatic rings. The Morgan fingerprint density at radius 2 is 2.06 bits per heavy atom. The van der Waals surface area contributed by atoms with Gasteiger partial charge in [0.25, 0.3) is 0 Å². The average molecular weight is 211 g/mol. The first-order valence-corrected chi connectivity index (χ1v) is 5.18. The van der Waals surface area contributed by atoms with Crippen LogP contribution in [-0.2, 0) is 13.5 Å². The molecule has 16 heavy (non-hydrogen) atoms. The molecule has 0 bridgehead atoms. The molecule has 0 aliphatic heterocycles. The maximum absolute atomic E-state index is 9.00. The molecule has 1 heterocycles. The van der Waals surface area contributed by atoms with E-state index in [1.165, 1.54) is 5.56 Å². The van der Waals surface area contributed by atoms with Gasteiger partial charge in [0.15, 0.2) is 0 Å². The van der Waals surface area contributed by atoms with Gasteiger partial charge in [0.1, 0.15) is 0 Å². The number of aromatic nitrogens is 2. The average Bonchev–Trinajstić information content (AvgIpc) is 2.58. The molecule has 0 saturated heterocycles. The summed E-state index contributed by atoms with van der Waals surface area (Å²) in [6.07, 6.45) is 2.77. The van der Waals surface area contributed by atoms with E-state index in [2.05, 4.69) is 11.2 Å². The lowest BCUT2D eigenvalue weighted by Gasteiger charge is -2.01. The fourth-order valence-corrected chi connectivity index (χ4v) is 1.81. The van der Waals surface area contributed by atoms with E-state index in [0.29, 0.717) is 0 Å². The summed E-state index contributed by atoms with van der Waals surface area (Å²) in [5.41, 5.74) is 3.99. The molecule has 0 amide bonds. The number of rotatable bonds is 2. The van der Waals surface area contributed by atoms with Crippen LogP contribution in [0.5, 0.6) is 0 Å². The largest absolute Gasteiger partial charge is 0.275 e. The Labute approximate surface area is 94.9 Å². The molecule has 3 nitrogen and oxygen atoms in total. The molecule has 0 fully saturated rings. The van der Waals surface area contributed by atoms with Crippen LogP contribution in [0, 0.1) is 18.3 Å². The highest BCUT2D eigenvalue weighted by atomic mass is 15.2. The second-order valence-electron chi connectivity index (χ2n) is 3.86. The van der Waals surface area contributed by atoms with Crippen molar-refractivity contribution in [3.63, 3.8) is 0 Å². The molecule has 80 valence electrons. The van der Waals surface area contributed by atoms with Gasteiger partial charge in [0, 0.05) is 19.7 Å². The molecule has 0 N–H and O–H groups in total. The fourth-order valence-electron chi connectivity index (χ4n) is 1.81. The zero-order chi connectivity index (χ0) is 11.5. The van der Waals surface area contributed by atoms with Crippen LogP contribution in [0.1, 0.15) is 22.4 Å². The van der Waals surface area contributed by atoms with E-state index in [9.17, 15) is 0 Å². The van der Waals surface area contributed by atoms with Crippen LogP contribution in [0.4, 0.5) is 0 Å². The predicted molar refractivity (Wildman–Crippen MR) is 61.9 cm³/mol. The normalized spacial score (nSPS) is 10.1. The first-order valence-electron chi connectivity index (χ1n) is 5.18. The summed E-state index contributed by atoms with van der Waals surface area (Å²) in [7, 11) is 1.91. The van der Waals surface area contributed by atoms with E-state index in [4.69, 9.17) is 5.26 Å². The van der Waals surface area contributed by atoms with Crippen molar-refractivity contribution in [2.45, 2.75) is 13.3 Å². The molecule has 0 saturated carbocycles. The van der Waals surface area contributed by atoms with Gasteiger partial charge in [-0.15, -0.1) is 0 Å². The second kappa shape index (κ2) is 4.19. The molecule has 3 heteroatoms. The van der Waals surface area contributed by atoms with E-state index >= 15 is 0 Å². The van der Waals surface area contributed by atoms with Gasteiger partial charge in [-0.2, -0.15) is 10.4 Å². The summed E-state index contributed by atoms with van der Waals surface area (Å²) < 4.78 is 1.81. The van der Waals surface area contributed by atoms with E-state index in [-0.39, 0.29) is 0 Å². The Morgan fingerprint density at radius 1 is 1.31 bits per heavy atom. The van der Waals surface area contributed by atoms with Crippen molar-refractivity contribution in [1.82, 2.24) is 9.78 Å². The lowest BCUT2D eigenvalue weighted by Crippen LogP contribution is -1.92. The van der Waals surface area contributed by atoms with Gasteiger partial charge in [-0.3, -0.25) is 4.68 Å². The molecule has 0 unspecified atom stereocenters. The number of nitriles is 1. The second-order valence-corrected chi connectivity index (χ2v) is 3.86. The van der Waals surface area contributed by atoms with Crippen molar-refractivity contribution in [3.05, 3.63) is 52.8 Å². The van der Waals surface area contributed by atoms with Crippen LogP contribution in [0.2, 0.25) is 0 Å². The zero-order valence-electron chi connectivity index (χ0n) is 9.44. The Kier molecular flexibility index (Phi) is 2.74. The lowest BCUT2D eigenvalue weighted by atomic mass is 10.0. The van der Waals surface area contributed by atoms with Gasteiger partial charge in [0.05, 0.1) is 17.3 Å². The molecule has 0 spiro atoms. The van der Waals surface area contributed by atoms with Crippen LogP contribution in [0.3, 0.4) is 0 Å². The van der Waals surface area contributed by atoms with Gasteiger partial charge < -0.3 is 0 Å². The lowest BCUT2D eigenvalue weighted by molar-refractivity contribution is 0.756. The van der Waals surface area contributed by atoms with E-state index < -0.39 is 0 Å². The van der Waals surface area contributed by atoms with Crippen LogP contribution in [0.25, 0.3) is 0 Å². The first kappa shape index (κ1) is 10.4. The number of nitrogens with zero attached hydrogens (tertiary/aromatic N) is 3. The first-order chi connectivity index (χ1) is 7.70. The summed E-state index contributed by atoms with van der Waals surface area (Å²) in [5, 5.41) is 13.3. The third-order valence-electron chi connectivity index (χ3n) is 2.63. The van der Waals surface area contributed by atoms with Crippen LogP contribution < -0.4 is 0 Å². The van der Waals surface area contributed by atoms with Crippen LogP contribution in [0.15, 0.2) is 30.5 Å². The molecular weight excluding hydrogens is 198 g/mol. The standard InChI is InChI=1S/C13H13N3/c1-10-13(9-16(2)15-10)7-11-5-3-4-6-12(11)8-14/h3-6,9H,7H2,1-2H3. The number of hydrogen-bond acceptors (Lipinski definition) is 2. The maximum atomic E-state index is 9.00. The van der Waals surface area contributed by atoms with Crippen molar-refractivity contribution >= 4 is 0 Å². The summed E-state index contributed by atoms with van der Waals surface area (Å²) >= 11 is 0. The Balaban J connectivity index is 2.34. The molecule has 2 rings (SSSR count). The van der Waals surface area contributed by atoms with Crippen LogP contribution >= 0.6 is 0 Å². The molecule has 0 aliphatic carbocycles. The van der Waals surface area contributed by atoms with Crippen molar-refractivity contribution < 1.29 is 0 Å².